The molecule has 5 rings (SSSR count). The van der Waals surface area contributed by atoms with Gasteiger partial charge in [-0.15, -0.1) is 4.83 Å². The van der Waals surface area contributed by atoms with Crippen LogP contribution in [0.5, 0.6) is 0 Å². The lowest BCUT2D eigenvalue weighted by Crippen LogP contribution is -2.40. The van der Waals surface area contributed by atoms with E-state index in [0.717, 1.165) is 6.42 Å². The minimum Gasteiger partial charge on any atom is -0.478 e. The summed E-state index contributed by atoms with van der Waals surface area (Å²) in [4.78, 5) is 31.7. The van der Waals surface area contributed by atoms with E-state index in [1.54, 1.807) is 5.01 Å². The predicted octanol–water partition coefficient (Wildman–Crippen LogP) is 1.41. The molecule has 10 heteroatoms. The first-order chi connectivity index (χ1) is 13.8. The number of hydrogen-bond donors (Lipinski definition) is 4. The van der Waals surface area contributed by atoms with Crippen LogP contribution in [0.4, 0.5) is 0 Å². The van der Waals surface area contributed by atoms with Crippen molar-refractivity contribution in [3.63, 3.8) is 0 Å². The third kappa shape index (κ3) is 2.87. The summed E-state index contributed by atoms with van der Waals surface area (Å²) >= 11 is 0. The smallest absolute Gasteiger partial charge is 0.337 e. The number of fused-ring (bicyclic) bond motifs is 4. The van der Waals surface area contributed by atoms with Crippen molar-refractivity contribution in [3.8, 4) is 0 Å². The zero-order valence-corrected chi connectivity index (χ0v) is 16.0. The summed E-state index contributed by atoms with van der Waals surface area (Å²) in [6, 6.07) is 4.27. The van der Waals surface area contributed by atoms with E-state index in [4.69, 9.17) is 0 Å². The van der Waals surface area contributed by atoms with E-state index < -0.39 is 21.6 Å². The van der Waals surface area contributed by atoms with Crippen molar-refractivity contribution in [2.24, 2.45) is 11.8 Å². The van der Waals surface area contributed by atoms with Crippen LogP contribution >= 0.6 is 0 Å². The number of hydrogen-bond acceptors (Lipinski definition) is 5. The second kappa shape index (κ2) is 6.28. The highest BCUT2D eigenvalue weighted by atomic mass is 32.2. The number of H-pyrrole nitrogens is 2. The molecule has 1 aliphatic carbocycles. The highest BCUT2D eigenvalue weighted by molar-refractivity contribution is 7.89. The number of benzene rings is 1. The van der Waals surface area contributed by atoms with E-state index in [1.807, 2.05) is 0 Å². The molecule has 1 aliphatic heterocycles. The van der Waals surface area contributed by atoms with Crippen LogP contribution in [-0.2, 0) is 10.0 Å². The number of carbonyl (C=O) groups is 1. The number of pyridine rings is 1. The molecule has 2 unspecified atom stereocenters. The van der Waals surface area contributed by atoms with Gasteiger partial charge in [0, 0.05) is 35.6 Å². The number of sulfonamides is 1. The van der Waals surface area contributed by atoms with Gasteiger partial charge in [0.15, 0.2) is 0 Å². The molecule has 0 saturated carbocycles. The summed E-state index contributed by atoms with van der Waals surface area (Å²) in [7, 11) is -3.86. The Bertz CT molecular complexity index is 1350. The molecule has 0 amide bonds. The van der Waals surface area contributed by atoms with E-state index in [1.165, 1.54) is 24.4 Å². The number of aromatic carboxylic acids is 1. The lowest BCUT2D eigenvalue weighted by Gasteiger charge is -2.18. The van der Waals surface area contributed by atoms with Crippen LogP contribution in [0.15, 0.2) is 46.2 Å². The Morgan fingerprint density at radius 2 is 2.10 bits per heavy atom. The van der Waals surface area contributed by atoms with E-state index in [0.29, 0.717) is 35.8 Å². The van der Waals surface area contributed by atoms with Crippen LogP contribution in [0.3, 0.4) is 0 Å². The normalized spacial score (nSPS) is 21.9. The van der Waals surface area contributed by atoms with Crippen molar-refractivity contribution in [1.82, 2.24) is 19.8 Å². The van der Waals surface area contributed by atoms with Crippen molar-refractivity contribution in [2.75, 3.05) is 13.1 Å². The summed E-state index contributed by atoms with van der Waals surface area (Å²) in [5.41, 5.74) is -0.0934. The van der Waals surface area contributed by atoms with E-state index >= 15 is 0 Å². The molecule has 0 radical (unpaired) electrons. The van der Waals surface area contributed by atoms with Crippen LogP contribution < -0.4 is 10.4 Å². The fourth-order valence-electron chi connectivity index (χ4n) is 4.33. The van der Waals surface area contributed by atoms with Gasteiger partial charge in [-0.2, -0.15) is 0 Å². The molecular formula is C19H18N4O5S. The Morgan fingerprint density at radius 1 is 1.28 bits per heavy atom. The molecule has 2 aromatic heterocycles. The quantitative estimate of drug-likeness (QED) is 0.477. The summed E-state index contributed by atoms with van der Waals surface area (Å²) in [5, 5.41) is 11.7. The largest absolute Gasteiger partial charge is 0.478 e. The molecule has 1 saturated heterocycles. The van der Waals surface area contributed by atoms with Gasteiger partial charge in [-0.25, -0.2) is 18.2 Å². The Morgan fingerprint density at radius 3 is 2.86 bits per heavy atom. The lowest BCUT2D eigenvalue weighted by molar-refractivity contribution is 0.0699. The van der Waals surface area contributed by atoms with Crippen LogP contribution in [0.2, 0.25) is 0 Å². The standard InChI is InChI=1S/C19H18N4O5S/c24-18-17-16(14(7-20-17)19(25)26)13-6-12(4-5-15(13)21-18)29(27,28)22-23-8-10-2-1-3-11(10)9-23/h1-2,4-7,10-11,20,22H,3,8-9H2,(H,21,24)(H,25,26). The monoisotopic (exact) mass is 414 g/mol. The molecule has 9 nitrogen and oxygen atoms in total. The summed E-state index contributed by atoms with van der Waals surface area (Å²) < 4.78 is 25.9. The maximum Gasteiger partial charge on any atom is 0.337 e. The molecule has 1 aromatic carbocycles. The average molecular weight is 414 g/mol. The number of hydrazine groups is 1. The molecule has 29 heavy (non-hydrogen) atoms. The molecule has 1 fully saturated rings. The molecule has 150 valence electrons. The maximum atomic E-state index is 12.9. The van der Waals surface area contributed by atoms with Crippen molar-refractivity contribution in [2.45, 2.75) is 11.3 Å². The fraction of sp³-hybridized carbons (Fsp3) is 0.263. The minimum atomic E-state index is -3.86. The molecule has 0 spiro atoms. The maximum absolute atomic E-state index is 12.9. The first-order valence-corrected chi connectivity index (χ1v) is 10.7. The van der Waals surface area contributed by atoms with E-state index in [2.05, 4.69) is 27.0 Å². The number of allylic oxidation sites excluding steroid dienone is 1. The Labute approximate surface area is 165 Å². The van der Waals surface area contributed by atoms with Crippen LogP contribution in [-0.4, -0.2) is 47.6 Å². The Balaban J connectivity index is 1.58. The highest BCUT2D eigenvalue weighted by Crippen LogP contribution is 2.32. The predicted molar refractivity (Wildman–Crippen MR) is 106 cm³/mol. The van der Waals surface area contributed by atoms with Crippen molar-refractivity contribution in [3.05, 3.63) is 52.5 Å². The van der Waals surface area contributed by atoms with Crippen LogP contribution in [0.25, 0.3) is 21.8 Å². The number of carboxylic acid groups (broad SMARTS) is 1. The van der Waals surface area contributed by atoms with E-state index in [-0.39, 0.29) is 21.4 Å². The third-order valence-electron chi connectivity index (χ3n) is 5.72. The summed E-state index contributed by atoms with van der Waals surface area (Å²) in [6.45, 7) is 1.26. The molecular weight excluding hydrogens is 396 g/mol. The second-order valence-electron chi connectivity index (χ2n) is 7.51. The van der Waals surface area contributed by atoms with Gasteiger partial charge in [0.1, 0.15) is 5.52 Å². The number of aromatic nitrogens is 2. The van der Waals surface area contributed by atoms with Crippen LogP contribution in [0.1, 0.15) is 16.8 Å². The number of nitrogens with one attached hydrogen (secondary N) is 3. The third-order valence-corrected chi connectivity index (χ3v) is 7.09. The van der Waals surface area contributed by atoms with Crippen LogP contribution in [0, 0.1) is 11.8 Å². The van der Waals surface area contributed by atoms with Gasteiger partial charge < -0.3 is 15.1 Å². The van der Waals surface area contributed by atoms with Crippen molar-refractivity contribution in [1.29, 1.82) is 0 Å². The van der Waals surface area contributed by atoms with Crippen molar-refractivity contribution < 1.29 is 18.3 Å². The van der Waals surface area contributed by atoms with Gasteiger partial charge in [0.2, 0.25) is 0 Å². The van der Waals surface area contributed by atoms with Gasteiger partial charge >= 0.3 is 5.97 Å². The Kier molecular flexibility index (Phi) is 3.92. The average Bonchev–Trinajstić information content (AvgIpc) is 3.35. The molecule has 2 aliphatic rings. The summed E-state index contributed by atoms with van der Waals surface area (Å²) in [5.74, 6) is -0.417. The van der Waals surface area contributed by atoms with E-state index in [9.17, 15) is 23.1 Å². The second-order valence-corrected chi connectivity index (χ2v) is 9.17. The Hall–Kier alpha value is -2.95. The highest BCUT2D eigenvalue weighted by Gasteiger charge is 2.35. The van der Waals surface area contributed by atoms with Crippen molar-refractivity contribution >= 4 is 37.8 Å². The molecule has 2 atom stereocenters. The van der Waals surface area contributed by atoms with Gasteiger partial charge in [0.25, 0.3) is 15.6 Å². The number of rotatable bonds is 4. The number of nitrogens with zero attached hydrogens (tertiary/aromatic N) is 1. The first-order valence-electron chi connectivity index (χ1n) is 9.18. The van der Waals surface area contributed by atoms with Gasteiger partial charge in [-0.05, 0) is 36.5 Å². The van der Waals surface area contributed by atoms with Gasteiger partial charge in [-0.1, -0.05) is 12.2 Å². The topological polar surface area (TPSA) is 135 Å². The SMILES string of the molecule is O=C(O)c1c[nH]c2c(=O)[nH]c3ccc(S(=O)(=O)NN4CC5C=CCC5C4)cc3c12. The summed E-state index contributed by atoms with van der Waals surface area (Å²) in [6.07, 6.45) is 6.45. The molecule has 0 bridgehead atoms. The molecule has 4 N–H and O–H groups in total. The zero-order chi connectivity index (χ0) is 20.3. The fourth-order valence-corrected chi connectivity index (χ4v) is 5.45. The van der Waals surface area contributed by atoms with Gasteiger partial charge in [-0.3, -0.25) is 4.79 Å². The molecule has 3 heterocycles. The number of aromatic amines is 2. The zero-order valence-electron chi connectivity index (χ0n) is 15.2. The minimum absolute atomic E-state index is 0.00323. The molecule has 3 aromatic rings. The first kappa shape index (κ1) is 18.1. The number of carboxylic acids is 1. The van der Waals surface area contributed by atoms with Gasteiger partial charge in [0.05, 0.1) is 10.5 Å². The lowest BCUT2D eigenvalue weighted by atomic mass is 10.0.